The lowest BCUT2D eigenvalue weighted by Gasteiger charge is -2.36. The molecule has 0 fully saturated rings. The summed E-state index contributed by atoms with van der Waals surface area (Å²) in [5.41, 5.74) is 2.07. The molecule has 1 aromatic carbocycles. The lowest BCUT2D eigenvalue weighted by Crippen LogP contribution is -2.38. The summed E-state index contributed by atoms with van der Waals surface area (Å²) >= 11 is 1.61. The number of thioether (sulfide) groups is 1. The topological polar surface area (TPSA) is 59.8 Å². The summed E-state index contributed by atoms with van der Waals surface area (Å²) in [6.45, 7) is 2.08. The van der Waals surface area contributed by atoms with Crippen LogP contribution in [0.25, 0.3) is 0 Å². The molecule has 1 aliphatic carbocycles. The van der Waals surface area contributed by atoms with E-state index in [9.17, 15) is 4.79 Å². The van der Waals surface area contributed by atoms with Crippen LogP contribution in [0.5, 0.6) is 0 Å². The van der Waals surface area contributed by atoms with Crippen LogP contribution in [0.3, 0.4) is 0 Å². The fourth-order valence-corrected chi connectivity index (χ4v) is 3.88. The largest absolute Gasteiger partial charge is 0.328 e. The zero-order valence-electron chi connectivity index (χ0n) is 12.9. The standard InChI is InChI=1S/C17H18N4OS/c1-2-23-17-19-16-18-12-9-6-10-13(22)14(12)15(21(16)20-17)11-7-4-3-5-8-11/h3-5,7-9,14-15H,2,6,10H2,1H3,(H,18,19,20)/t14-,15-/m1/s1. The highest BCUT2D eigenvalue weighted by atomic mass is 32.2. The maximum absolute atomic E-state index is 12.6. The van der Waals surface area contributed by atoms with Crippen LogP contribution in [0.2, 0.25) is 0 Å². The lowest BCUT2D eigenvalue weighted by molar-refractivity contribution is -0.123. The normalized spacial score (nSPS) is 22.8. The van der Waals surface area contributed by atoms with Gasteiger partial charge in [-0.3, -0.25) is 4.79 Å². The van der Waals surface area contributed by atoms with Crippen molar-refractivity contribution in [3.05, 3.63) is 47.7 Å². The Morgan fingerprint density at radius 1 is 1.35 bits per heavy atom. The molecule has 1 N–H and O–H groups in total. The van der Waals surface area contributed by atoms with E-state index >= 15 is 0 Å². The Morgan fingerprint density at radius 3 is 2.96 bits per heavy atom. The summed E-state index contributed by atoms with van der Waals surface area (Å²) in [6, 6.07) is 10.0. The van der Waals surface area contributed by atoms with E-state index in [2.05, 4.69) is 40.5 Å². The number of nitrogens with zero attached hydrogens (tertiary/aromatic N) is 3. The number of hydrogen-bond acceptors (Lipinski definition) is 5. The molecule has 2 aromatic rings. The van der Waals surface area contributed by atoms with E-state index in [0.29, 0.717) is 6.42 Å². The van der Waals surface area contributed by atoms with Gasteiger partial charge < -0.3 is 5.32 Å². The van der Waals surface area contributed by atoms with Gasteiger partial charge >= 0.3 is 0 Å². The summed E-state index contributed by atoms with van der Waals surface area (Å²) in [4.78, 5) is 17.2. The minimum Gasteiger partial charge on any atom is -0.328 e. The van der Waals surface area contributed by atoms with Gasteiger partial charge in [0.05, 0.1) is 12.0 Å². The van der Waals surface area contributed by atoms with E-state index in [1.54, 1.807) is 11.8 Å². The van der Waals surface area contributed by atoms with Crippen molar-refractivity contribution in [3.63, 3.8) is 0 Å². The number of benzene rings is 1. The third kappa shape index (κ3) is 2.47. The molecule has 0 saturated heterocycles. The van der Waals surface area contributed by atoms with Crippen LogP contribution < -0.4 is 5.32 Å². The van der Waals surface area contributed by atoms with Crippen LogP contribution in [0.15, 0.2) is 47.3 Å². The Hall–Kier alpha value is -2.08. The van der Waals surface area contributed by atoms with Crippen molar-refractivity contribution >= 4 is 23.5 Å². The highest BCUT2D eigenvalue weighted by molar-refractivity contribution is 7.99. The summed E-state index contributed by atoms with van der Waals surface area (Å²) in [5, 5.41) is 8.73. The van der Waals surface area contributed by atoms with Crippen LogP contribution in [0, 0.1) is 5.92 Å². The molecular weight excluding hydrogens is 308 g/mol. The molecular formula is C17H18N4OS. The Balaban J connectivity index is 1.87. The van der Waals surface area contributed by atoms with Crippen LogP contribution in [-0.2, 0) is 4.79 Å². The highest BCUT2D eigenvalue weighted by Gasteiger charge is 2.41. The van der Waals surface area contributed by atoms with Crippen molar-refractivity contribution in [3.8, 4) is 0 Å². The monoisotopic (exact) mass is 326 g/mol. The first kappa shape index (κ1) is 14.5. The number of aromatic nitrogens is 3. The van der Waals surface area contributed by atoms with Crippen molar-refractivity contribution in [1.82, 2.24) is 14.8 Å². The molecule has 1 aliphatic heterocycles. The number of Topliss-reactive ketones (excluding diaryl/α,β-unsaturated/α-hetero) is 1. The second kappa shape index (κ2) is 5.85. The van der Waals surface area contributed by atoms with Crippen LogP contribution in [0.4, 0.5) is 5.95 Å². The maximum atomic E-state index is 12.6. The van der Waals surface area contributed by atoms with Crippen LogP contribution >= 0.6 is 11.8 Å². The molecule has 0 unspecified atom stereocenters. The van der Waals surface area contributed by atoms with E-state index in [4.69, 9.17) is 0 Å². The fraction of sp³-hybridized carbons (Fsp3) is 0.353. The molecule has 0 bridgehead atoms. The molecule has 23 heavy (non-hydrogen) atoms. The van der Waals surface area contributed by atoms with Crippen molar-refractivity contribution in [2.24, 2.45) is 5.92 Å². The van der Waals surface area contributed by atoms with Gasteiger partial charge in [0.15, 0.2) is 0 Å². The first-order valence-corrected chi connectivity index (χ1v) is 8.90. The van der Waals surface area contributed by atoms with Crippen molar-refractivity contribution < 1.29 is 4.79 Å². The van der Waals surface area contributed by atoms with E-state index in [1.165, 1.54) is 0 Å². The van der Waals surface area contributed by atoms with Crippen molar-refractivity contribution in [2.75, 3.05) is 11.1 Å². The lowest BCUT2D eigenvalue weighted by atomic mass is 9.81. The maximum Gasteiger partial charge on any atom is 0.227 e. The molecule has 2 aliphatic rings. The quantitative estimate of drug-likeness (QED) is 0.877. The third-order valence-electron chi connectivity index (χ3n) is 4.30. The van der Waals surface area contributed by atoms with E-state index in [-0.39, 0.29) is 17.7 Å². The van der Waals surface area contributed by atoms with Gasteiger partial charge in [0.25, 0.3) is 0 Å². The predicted molar refractivity (Wildman–Crippen MR) is 90.4 cm³/mol. The second-order valence-electron chi connectivity index (χ2n) is 5.72. The van der Waals surface area contributed by atoms with Gasteiger partial charge in [-0.15, -0.1) is 5.10 Å². The first-order valence-electron chi connectivity index (χ1n) is 7.92. The molecule has 0 amide bonds. The Bertz CT molecular complexity index is 768. The number of nitrogens with one attached hydrogen (secondary N) is 1. The summed E-state index contributed by atoms with van der Waals surface area (Å²) < 4.78 is 1.89. The van der Waals surface area contributed by atoms with Crippen LogP contribution in [0.1, 0.15) is 31.4 Å². The molecule has 118 valence electrons. The van der Waals surface area contributed by atoms with Gasteiger partial charge in [-0.25, -0.2) is 4.68 Å². The number of hydrogen-bond donors (Lipinski definition) is 1. The highest BCUT2D eigenvalue weighted by Crippen LogP contribution is 2.41. The molecule has 1 aromatic heterocycles. The molecule has 0 saturated carbocycles. The second-order valence-corrected chi connectivity index (χ2v) is 6.95. The Kier molecular flexibility index (Phi) is 3.69. The minimum atomic E-state index is -0.195. The number of fused-ring (bicyclic) bond motifs is 2. The van der Waals surface area contributed by atoms with Gasteiger partial charge in [-0.1, -0.05) is 55.1 Å². The number of allylic oxidation sites excluding steroid dienone is 2. The van der Waals surface area contributed by atoms with Gasteiger partial charge in [-0.2, -0.15) is 4.98 Å². The molecule has 2 atom stereocenters. The Labute approximate surface area is 139 Å². The molecule has 6 heteroatoms. The summed E-state index contributed by atoms with van der Waals surface area (Å²) in [5.74, 6) is 1.73. The SMILES string of the molecule is CCSc1nc2n(n1)[C@H](c1ccccc1)[C@H]1C(=O)CCC=C1N2. The zero-order chi connectivity index (χ0) is 15.8. The van der Waals surface area contributed by atoms with Crippen molar-refractivity contribution in [2.45, 2.75) is 31.0 Å². The third-order valence-corrected chi connectivity index (χ3v) is 5.02. The number of rotatable bonds is 3. The van der Waals surface area contributed by atoms with E-state index in [0.717, 1.165) is 34.5 Å². The summed E-state index contributed by atoms with van der Waals surface area (Å²) in [6.07, 6.45) is 3.52. The zero-order valence-corrected chi connectivity index (χ0v) is 13.7. The first-order chi connectivity index (χ1) is 11.3. The van der Waals surface area contributed by atoms with Crippen molar-refractivity contribution in [1.29, 1.82) is 0 Å². The fourth-order valence-electron chi connectivity index (χ4n) is 3.33. The molecule has 0 spiro atoms. The minimum absolute atomic E-state index is 0.120. The predicted octanol–water partition coefficient (Wildman–Crippen LogP) is 3.27. The van der Waals surface area contributed by atoms with Crippen LogP contribution in [-0.4, -0.2) is 26.3 Å². The van der Waals surface area contributed by atoms with E-state index in [1.807, 2.05) is 22.9 Å². The molecule has 4 rings (SSSR count). The number of carbonyl (C=O) groups excluding carboxylic acids is 1. The smallest absolute Gasteiger partial charge is 0.227 e. The van der Waals surface area contributed by atoms with Gasteiger partial charge in [0.2, 0.25) is 11.1 Å². The van der Waals surface area contributed by atoms with Gasteiger partial charge in [0.1, 0.15) is 5.78 Å². The van der Waals surface area contributed by atoms with Gasteiger partial charge in [-0.05, 0) is 17.7 Å². The summed E-state index contributed by atoms with van der Waals surface area (Å²) in [7, 11) is 0. The number of carbonyl (C=O) groups is 1. The molecule has 0 radical (unpaired) electrons. The van der Waals surface area contributed by atoms with E-state index < -0.39 is 0 Å². The number of ketones is 1. The molecule has 2 heterocycles. The number of anilines is 1. The van der Waals surface area contributed by atoms with Gasteiger partial charge in [0, 0.05) is 12.1 Å². The Morgan fingerprint density at radius 2 is 2.17 bits per heavy atom. The molecule has 5 nitrogen and oxygen atoms in total. The average Bonchev–Trinajstić information content (AvgIpc) is 2.96. The average molecular weight is 326 g/mol.